The Hall–Kier alpha value is -0.480. The third-order valence-corrected chi connectivity index (χ3v) is 4.96. The largest absolute Gasteiger partial charge is 0.376 e. The smallest absolute Gasteiger partial charge is 0.0946 e. The first-order valence-corrected chi connectivity index (χ1v) is 10.2. The molecule has 0 saturated heterocycles. The number of thioether (sulfide) groups is 1. The van der Waals surface area contributed by atoms with Gasteiger partial charge in [0.1, 0.15) is 0 Å². The van der Waals surface area contributed by atoms with Gasteiger partial charge < -0.3 is 9.30 Å². The predicted octanol–water partition coefficient (Wildman–Crippen LogP) is 5.16. The Morgan fingerprint density at radius 2 is 1.82 bits per heavy atom. The Balaban J connectivity index is 2.11. The van der Waals surface area contributed by atoms with E-state index in [1.54, 1.807) is 0 Å². The van der Waals surface area contributed by atoms with Gasteiger partial charge in [-0.15, -0.1) is 0 Å². The van der Waals surface area contributed by atoms with Gasteiger partial charge in [0.25, 0.3) is 0 Å². The lowest BCUT2D eigenvalue weighted by molar-refractivity contribution is 0.0556. The number of rotatable bonds is 15. The average Bonchev–Trinajstić information content (AvgIpc) is 3.03. The van der Waals surface area contributed by atoms with Gasteiger partial charge in [0, 0.05) is 24.8 Å². The summed E-state index contributed by atoms with van der Waals surface area (Å²) in [4.78, 5) is 4.12. The van der Waals surface area contributed by atoms with Crippen LogP contribution in [0.5, 0.6) is 0 Å². The van der Waals surface area contributed by atoms with Crippen LogP contribution in [0.15, 0.2) is 18.7 Å². The number of imidazole rings is 1. The molecule has 1 rings (SSSR count). The maximum absolute atomic E-state index is 6.05. The molecule has 128 valence electrons. The van der Waals surface area contributed by atoms with Crippen molar-refractivity contribution in [3.8, 4) is 0 Å². The third-order valence-electron chi connectivity index (χ3n) is 3.77. The minimum absolute atomic E-state index is 0.311. The van der Waals surface area contributed by atoms with Crippen molar-refractivity contribution in [2.45, 2.75) is 77.9 Å². The quantitative estimate of drug-likeness (QED) is 0.416. The van der Waals surface area contributed by atoms with E-state index in [9.17, 15) is 0 Å². The van der Waals surface area contributed by atoms with Crippen molar-refractivity contribution >= 4 is 11.8 Å². The normalized spacial score (nSPS) is 12.6. The average molecular weight is 327 g/mol. The molecule has 0 aromatic carbocycles. The van der Waals surface area contributed by atoms with E-state index in [-0.39, 0.29) is 0 Å². The Morgan fingerprint density at radius 3 is 2.55 bits per heavy atom. The molecular weight excluding hydrogens is 292 g/mol. The van der Waals surface area contributed by atoms with E-state index < -0.39 is 0 Å². The van der Waals surface area contributed by atoms with Gasteiger partial charge in [-0.1, -0.05) is 52.4 Å². The number of aromatic nitrogens is 2. The number of hydrogen-bond donors (Lipinski definition) is 0. The highest BCUT2D eigenvalue weighted by Gasteiger charge is 2.10. The number of ether oxygens (including phenoxy) is 1. The Morgan fingerprint density at radius 1 is 1.05 bits per heavy atom. The van der Waals surface area contributed by atoms with Crippen LogP contribution in [0.3, 0.4) is 0 Å². The van der Waals surface area contributed by atoms with Crippen LogP contribution in [-0.4, -0.2) is 33.8 Å². The molecule has 0 aliphatic carbocycles. The SMILES string of the molecule is CCCCCCCCSCC(Cn1ccnc1)OCCCC. The van der Waals surface area contributed by atoms with Crippen molar-refractivity contribution < 1.29 is 4.74 Å². The summed E-state index contributed by atoms with van der Waals surface area (Å²) < 4.78 is 8.17. The lowest BCUT2D eigenvalue weighted by atomic mass is 10.1. The van der Waals surface area contributed by atoms with Gasteiger partial charge in [0.2, 0.25) is 0 Å². The molecule has 22 heavy (non-hydrogen) atoms. The second-order valence-corrected chi connectivity index (χ2v) is 7.10. The molecule has 4 heteroatoms. The van der Waals surface area contributed by atoms with Gasteiger partial charge in [0.15, 0.2) is 0 Å². The van der Waals surface area contributed by atoms with Crippen LogP contribution in [0.25, 0.3) is 0 Å². The van der Waals surface area contributed by atoms with E-state index in [0.29, 0.717) is 6.10 Å². The van der Waals surface area contributed by atoms with Crippen LogP contribution in [0.1, 0.15) is 65.2 Å². The maximum atomic E-state index is 6.05. The molecule has 0 fully saturated rings. The monoisotopic (exact) mass is 326 g/mol. The highest BCUT2D eigenvalue weighted by molar-refractivity contribution is 7.99. The fourth-order valence-electron chi connectivity index (χ4n) is 2.38. The minimum Gasteiger partial charge on any atom is -0.376 e. The standard InChI is InChI=1S/C18H34N2OS/c1-3-5-7-8-9-10-14-22-16-18(21-13-6-4-2)15-20-12-11-19-17-20/h11-12,17-18H,3-10,13-16H2,1-2H3. The Labute approximate surface area is 141 Å². The molecule has 0 saturated carbocycles. The Bertz CT molecular complexity index is 330. The molecule has 1 atom stereocenters. The second-order valence-electron chi connectivity index (χ2n) is 5.95. The first kappa shape index (κ1) is 19.6. The predicted molar refractivity (Wildman–Crippen MR) is 97.6 cm³/mol. The molecule has 0 radical (unpaired) electrons. The second kappa shape index (κ2) is 14.1. The fourth-order valence-corrected chi connectivity index (χ4v) is 3.42. The highest BCUT2D eigenvalue weighted by Crippen LogP contribution is 2.13. The summed E-state index contributed by atoms with van der Waals surface area (Å²) in [5.74, 6) is 2.36. The van der Waals surface area contributed by atoms with Crippen molar-refractivity contribution in [2.75, 3.05) is 18.1 Å². The van der Waals surface area contributed by atoms with Crippen molar-refractivity contribution in [2.24, 2.45) is 0 Å². The van der Waals surface area contributed by atoms with E-state index >= 15 is 0 Å². The highest BCUT2D eigenvalue weighted by atomic mass is 32.2. The van der Waals surface area contributed by atoms with Crippen LogP contribution in [0.4, 0.5) is 0 Å². The lowest BCUT2D eigenvalue weighted by Gasteiger charge is -2.18. The summed E-state index contributed by atoms with van der Waals surface area (Å²) in [5, 5.41) is 0. The summed E-state index contributed by atoms with van der Waals surface area (Å²) in [6, 6.07) is 0. The summed E-state index contributed by atoms with van der Waals surface area (Å²) >= 11 is 2.05. The van der Waals surface area contributed by atoms with Crippen LogP contribution < -0.4 is 0 Å². The van der Waals surface area contributed by atoms with E-state index in [2.05, 4.69) is 23.4 Å². The molecule has 3 nitrogen and oxygen atoms in total. The molecule has 1 aromatic heterocycles. The summed E-state index contributed by atoms with van der Waals surface area (Å²) in [6.45, 7) is 6.29. The van der Waals surface area contributed by atoms with Crippen LogP contribution >= 0.6 is 11.8 Å². The van der Waals surface area contributed by atoms with Crippen molar-refractivity contribution in [3.63, 3.8) is 0 Å². The van der Waals surface area contributed by atoms with Gasteiger partial charge in [-0.25, -0.2) is 4.98 Å². The van der Waals surface area contributed by atoms with Gasteiger partial charge >= 0.3 is 0 Å². The first-order valence-electron chi connectivity index (χ1n) is 9.01. The lowest BCUT2D eigenvalue weighted by Crippen LogP contribution is -2.23. The first-order chi connectivity index (χ1) is 10.9. The van der Waals surface area contributed by atoms with Crippen LogP contribution in [0.2, 0.25) is 0 Å². The molecule has 0 aliphatic rings. The summed E-state index contributed by atoms with van der Waals surface area (Å²) in [6.07, 6.45) is 16.7. The van der Waals surface area contributed by atoms with Crippen LogP contribution in [-0.2, 0) is 11.3 Å². The van der Waals surface area contributed by atoms with Crippen molar-refractivity contribution in [1.82, 2.24) is 9.55 Å². The van der Waals surface area contributed by atoms with Gasteiger partial charge in [0.05, 0.1) is 19.0 Å². The maximum Gasteiger partial charge on any atom is 0.0946 e. The van der Waals surface area contributed by atoms with Crippen molar-refractivity contribution in [3.05, 3.63) is 18.7 Å². The summed E-state index contributed by atoms with van der Waals surface area (Å²) in [5.41, 5.74) is 0. The zero-order valence-corrected chi connectivity index (χ0v) is 15.3. The Kier molecular flexibility index (Phi) is 12.6. The van der Waals surface area contributed by atoms with E-state index in [1.165, 1.54) is 50.7 Å². The minimum atomic E-state index is 0.311. The molecule has 0 bridgehead atoms. The molecule has 0 aliphatic heterocycles. The number of hydrogen-bond acceptors (Lipinski definition) is 3. The van der Waals surface area contributed by atoms with Crippen molar-refractivity contribution in [1.29, 1.82) is 0 Å². The fraction of sp³-hybridized carbons (Fsp3) is 0.833. The number of unbranched alkanes of at least 4 members (excludes halogenated alkanes) is 6. The van der Waals surface area contributed by atoms with E-state index in [0.717, 1.165) is 25.3 Å². The molecule has 0 N–H and O–H groups in total. The zero-order chi connectivity index (χ0) is 15.9. The molecule has 1 aromatic rings. The van der Waals surface area contributed by atoms with Gasteiger partial charge in [-0.3, -0.25) is 0 Å². The van der Waals surface area contributed by atoms with E-state index in [4.69, 9.17) is 4.74 Å². The van der Waals surface area contributed by atoms with Gasteiger partial charge in [-0.05, 0) is 18.6 Å². The zero-order valence-electron chi connectivity index (χ0n) is 14.5. The third kappa shape index (κ3) is 10.3. The number of nitrogens with zero attached hydrogens (tertiary/aromatic N) is 2. The molecule has 0 spiro atoms. The molecular formula is C18H34N2OS. The van der Waals surface area contributed by atoms with E-state index in [1.807, 2.05) is 30.5 Å². The summed E-state index contributed by atoms with van der Waals surface area (Å²) in [7, 11) is 0. The molecule has 1 unspecified atom stereocenters. The molecule has 0 amide bonds. The molecule has 1 heterocycles. The van der Waals surface area contributed by atoms with Gasteiger partial charge in [-0.2, -0.15) is 11.8 Å². The topological polar surface area (TPSA) is 27.1 Å². The van der Waals surface area contributed by atoms with Crippen LogP contribution in [0, 0.1) is 0 Å².